The van der Waals surface area contributed by atoms with Crippen LogP contribution in [0.5, 0.6) is 0 Å². The summed E-state index contributed by atoms with van der Waals surface area (Å²) in [5.41, 5.74) is 0. The summed E-state index contributed by atoms with van der Waals surface area (Å²) in [6, 6.07) is 0.619. The van der Waals surface area contributed by atoms with Crippen molar-refractivity contribution in [2.75, 3.05) is 26.7 Å². The number of rotatable bonds is 5. The molecule has 1 aliphatic heterocycles. The highest BCUT2D eigenvalue weighted by Gasteiger charge is 2.26. The number of hydrogen-bond acceptors (Lipinski definition) is 3. The standard InChI is InChI=1S/C20H37N3O3/c1-15(2)16-6-4-7-17(10-9-16)21-20(26)23-12-5-8-18(11-13-23)22(3)14-19(24)25/h15-18H,4-14H2,1-3H3,(H,21,26)(H,24,25). The predicted octanol–water partition coefficient (Wildman–Crippen LogP) is 3.17. The van der Waals surface area contributed by atoms with E-state index in [0.717, 1.165) is 50.5 Å². The zero-order valence-corrected chi connectivity index (χ0v) is 16.7. The van der Waals surface area contributed by atoms with Crippen molar-refractivity contribution < 1.29 is 14.7 Å². The number of nitrogens with zero attached hydrogens (tertiary/aromatic N) is 2. The van der Waals surface area contributed by atoms with Gasteiger partial charge in [0.05, 0.1) is 6.54 Å². The third-order valence-electron chi connectivity index (χ3n) is 6.28. The number of carboxylic acid groups (broad SMARTS) is 1. The molecule has 2 rings (SSSR count). The quantitative estimate of drug-likeness (QED) is 0.732. The van der Waals surface area contributed by atoms with Gasteiger partial charge < -0.3 is 15.3 Å². The summed E-state index contributed by atoms with van der Waals surface area (Å²) in [4.78, 5) is 27.5. The first-order valence-electron chi connectivity index (χ1n) is 10.3. The van der Waals surface area contributed by atoms with Crippen molar-refractivity contribution in [3.8, 4) is 0 Å². The van der Waals surface area contributed by atoms with Gasteiger partial charge in [0.25, 0.3) is 0 Å². The topological polar surface area (TPSA) is 72.9 Å². The third kappa shape index (κ3) is 6.45. The number of likely N-dealkylation sites (N-methyl/N-ethyl adjacent to an activating group) is 1. The molecule has 1 aliphatic carbocycles. The third-order valence-corrected chi connectivity index (χ3v) is 6.28. The largest absolute Gasteiger partial charge is 0.480 e. The molecule has 0 aromatic heterocycles. The molecule has 0 bridgehead atoms. The van der Waals surface area contributed by atoms with Crippen LogP contribution in [0.15, 0.2) is 0 Å². The van der Waals surface area contributed by atoms with Crippen molar-refractivity contribution in [3.05, 3.63) is 0 Å². The van der Waals surface area contributed by atoms with Crippen molar-refractivity contribution in [3.63, 3.8) is 0 Å². The van der Waals surface area contributed by atoms with E-state index >= 15 is 0 Å². The summed E-state index contributed by atoms with van der Waals surface area (Å²) in [5.74, 6) is 0.731. The first-order valence-corrected chi connectivity index (χ1v) is 10.3. The van der Waals surface area contributed by atoms with Crippen molar-refractivity contribution in [2.45, 2.75) is 77.3 Å². The fraction of sp³-hybridized carbons (Fsp3) is 0.900. The lowest BCUT2D eigenvalue weighted by atomic mass is 9.89. The number of aliphatic carboxylic acids is 1. The van der Waals surface area contributed by atoms with Crippen LogP contribution in [0.25, 0.3) is 0 Å². The molecule has 1 heterocycles. The first-order chi connectivity index (χ1) is 12.4. The van der Waals surface area contributed by atoms with Gasteiger partial charge in [-0.3, -0.25) is 9.69 Å². The Kier molecular flexibility index (Phi) is 8.19. The molecule has 6 nitrogen and oxygen atoms in total. The van der Waals surface area contributed by atoms with Crippen LogP contribution in [0, 0.1) is 11.8 Å². The molecule has 0 aromatic carbocycles. The monoisotopic (exact) mass is 367 g/mol. The summed E-state index contributed by atoms with van der Waals surface area (Å²) in [7, 11) is 1.87. The van der Waals surface area contributed by atoms with Crippen LogP contribution in [-0.2, 0) is 4.79 Å². The second-order valence-corrected chi connectivity index (χ2v) is 8.54. The lowest BCUT2D eigenvalue weighted by Crippen LogP contribution is -2.45. The minimum atomic E-state index is -0.792. The number of amides is 2. The highest BCUT2D eigenvalue weighted by Crippen LogP contribution is 2.29. The van der Waals surface area contributed by atoms with Gasteiger partial charge in [0.2, 0.25) is 0 Å². The number of nitrogens with one attached hydrogen (secondary N) is 1. The van der Waals surface area contributed by atoms with Crippen molar-refractivity contribution in [2.24, 2.45) is 11.8 Å². The zero-order valence-electron chi connectivity index (χ0n) is 16.7. The SMILES string of the molecule is CC(C)C1CCCC(NC(=O)N2CCCC(N(C)CC(=O)O)CC2)CC1. The maximum Gasteiger partial charge on any atom is 0.317 e. The molecule has 0 spiro atoms. The van der Waals surface area contributed by atoms with Crippen molar-refractivity contribution in [1.29, 1.82) is 0 Å². The average molecular weight is 368 g/mol. The van der Waals surface area contributed by atoms with E-state index in [1.165, 1.54) is 19.3 Å². The van der Waals surface area contributed by atoms with Gasteiger partial charge >= 0.3 is 12.0 Å². The van der Waals surface area contributed by atoms with E-state index in [0.29, 0.717) is 12.6 Å². The Bertz CT molecular complexity index is 469. The van der Waals surface area contributed by atoms with Crippen LogP contribution in [0.4, 0.5) is 4.79 Å². The molecule has 2 N–H and O–H groups in total. The number of likely N-dealkylation sites (tertiary alicyclic amines) is 1. The van der Waals surface area contributed by atoms with E-state index in [2.05, 4.69) is 19.2 Å². The average Bonchev–Trinajstić information content (AvgIpc) is 2.94. The molecule has 2 aliphatic rings. The van der Waals surface area contributed by atoms with Crippen LogP contribution >= 0.6 is 0 Å². The summed E-state index contributed by atoms with van der Waals surface area (Å²) in [5, 5.41) is 12.2. The van der Waals surface area contributed by atoms with E-state index in [9.17, 15) is 9.59 Å². The maximum absolute atomic E-state index is 12.7. The summed E-state index contributed by atoms with van der Waals surface area (Å²) in [6.45, 7) is 6.15. The van der Waals surface area contributed by atoms with E-state index in [4.69, 9.17) is 5.11 Å². The molecule has 6 heteroatoms. The molecular formula is C20H37N3O3. The van der Waals surface area contributed by atoms with Crippen molar-refractivity contribution >= 4 is 12.0 Å². The summed E-state index contributed by atoms with van der Waals surface area (Å²) < 4.78 is 0. The van der Waals surface area contributed by atoms with Gasteiger partial charge in [0.1, 0.15) is 0 Å². The molecular weight excluding hydrogens is 330 g/mol. The Morgan fingerprint density at radius 2 is 1.85 bits per heavy atom. The molecule has 0 radical (unpaired) electrons. The van der Waals surface area contributed by atoms with Gasteiger partial charge in [0.15, 0.2) is 0 Å². The second-order valence-electron chi connectivity index (χ2n) is 8.54. The Hall–Kier alpha value is -1.30. The van der Waals surface area contributed by atoms with Crippen molar-refractivity contribution in [1.82, 2.24) is 15.1 Å². The molecule has 1 saturated carbocycles. The molecule has 1 saturated heterocycles. The van der Waals surface area contributed by atoms with Gasteiger partial charge in [-0.2, -0.15) is 0 Å². The fourth-order valence-corrected chi connectivity index (χ4v) is 4.47. The minimum Gasteiger partial charge on any atom is -0.480 e. The molecule has 2 amide bonds. The predicted molar refractivity (Wildman–Crippen MR) is 103 cm³/mol. The number of carboxylic acids is 1. The Morgan fingerprint density at radius 3 is 2.54 bits per heavy atom. The molecule has 2 fully saturated rings. The number of urea groups is 1. The van der Waals surface area contributed by atoms with Gasteiger partial charge in [-0.15, -0.1) is 0 Å². The fourth-order valence-electron chi connectivity index (χ4n) is 4.47. The van der Waals surface area contributed by atoms with Gasteiger partial charge in [-0.1, -0.05) is 26.7 Å². The van der Waals surface area contributed by atoms with Crippen LogP contribution < -0.4 is 5.32 Å². The Balaban J connectivity index is 1.80. The molecule has 150 valence electrons. The molecule has 0 aromatic rings. The van der Waals surface area contributed by atoms with Crippen LogP contribution in [0.2, 0.25) is 0 Å². The lowest BCUT2D eigenvalue weighted by Gasteiger charge is -2.27. The van der Waals surface area contributed by atoms with E-state index in [1.807, 2.05) is 16.8 Å². The Labute approximate surface area is 158 Å². The lowest BCUT2D eigenvalue weighted by molar-refractivity contribution is -0.138. The van der Waals surface area contributed by atoms with Gasteiger partial charge in [-0.05, 0) is 57.4 Å². The van der Waals surface area contributed by atoms with Crippen LogP contribution in [0.1, 0.15) is 65.2 Å². The van der Waals surface area contributed by atoms with E-state index in [-0.39, 0.29) is 18.6 Å². The number of carbonyl (C=O) groups excluding carboxylic acids is 1. The molecule has 3 unspecified atom stereocenters. The zero-order chi connectivity index (χ0) is 19.1. The first kappa shape index (κ1) is 21.0. The highest BCUT2D eigenvalue weighted by atomic mass is 16.4. The van der Waals surface area contributed by atoms with E-state index < -0.39 is 5.97 Å². The van der Waals surface area contributed by atoms with Crippen LogP contribution in [0.3, 0.4) is 0 Å². The van der Waals surface area contributed by atoms with Gasteiger partial charge in [0, 0.05) is 25.2 Å². The second kappa shape index (κ2) is 10.1. The maximum atomic E-state index is 12.7. The normalized spacial score (nSPS) is 27.9. The summed E-state index contributed by atoms with van der Waals surface area (Å²) in [6.07, 6.45) is 8.61. The highest BCUT2D eigenvalue weighted by molar-refractivity contribution is 5.74. The summed E-state index contributed by atoms with van der Waals surface area (Å²) >= 11 is 0. The van der Waals surface area contributed by atoms with Crippen LogP contribution in [-0.4, -0.2) is 65.7 Å². The minimum absolute atomic E-state index is 0.0654. The molecule has 3 atom stereocenters. The Morgan fingerprint density at radius 1 is 1.08 bits per heavy atom. The van der Waals surface area contributed by atoms with E-state index in [1.54, 1.807) is 0 Å². The molecule has 26 heavy (non-hydrogen) atoms. The number of carbonyl (C=O) groups is 2. The smallest absolute Gasteiger partial charge is 0.317 e. The van der Waals surface area contributed by atoms with Gasteiger partial charge in [-0.25, -0.2) is 4.79 Å². The number of hydrogen-bond donors (Lipinski definition) is 2.